The molecule has 1 aromatic carbocycles. The number of aliphatic hydroxyl groups is 1. The zero-order chi connectivity index (χ0) is 12.1. The Balaban J connectivity index is 2.58. The number of benzene rings is 1. The normalized spacial score (nSPS) is 16.8. The predicted octanol–water partition coefficient (Wildman–Crippen LogP) is 2.20. The summed E-state index contributed by atoms with van der Waals surface area (Å²) in [7, 11) is 0. The fourth-order valence-corrected chi connectivity index (χ4v) is 1.95. The van der Waals surface area contributed by atoms with E-state index in [1.807, 2.05) is 32.0 Å². The summed E-state index contributed by atoms with van der Waals surface area (Å²) in [6.07, 6.45) is 0.400. The molecule has 3 heteroatoms. The van der Waals surface area contributed by atoms with Crippen molar-refractivity contribution in [2.24, 2.45) is 0 Å². The van der Waals surface area contributed by atoms with E-state index in [-0.39, 0.29) is 18.2 Å². The molecule has 90 valence electrons. The second-order valence-electron chi connectivity index (χ2n) is 4.43. The van der Waals surface area contributed by atoms with Gasteiger partial charge in [0, 0.05) is 17.6 Å². The molecular weight excluding hydrogens is 202 g/mol. The van der Waals surface area contributed by atoms with Gasteiger partial charge in [0.2, 0.25) is 0 Å². The molecule has 1 aromatic rings. The van der Waals surface area contributed by atoms with Gasteiger partial charge in [0.25, 0.3) is 0 Å². The fraction of sp³-hybridized carbons (Fsp3) is 0.538. The standard InChI is InChI=1S/C13H21NO2/c1-9(8-10(2)15)14-11(3)12-6-4-5-7-13(12)16/h4-7,9-11,14-16H,8H2,1-3H3. The van der Waals surface area contributed by atoms with Crippen LogP contribution >= 0.6 is 0 Å². The first-order valence-corrected chi connectivity index (χ1v) is 5.72. The third-order valence-corrected chi connectivity index (χ3v) is 2.63. The van der Waals surface area contributed by atoms with Crippen LogP contribution in [0.2, 0.25) is 0 Å². The lowest BCUT2D eigenvalue weighted by Gasteiger charge is -2.21. The van der Waals surface area contributed by atoms with Crippen molar-refractivity contribution in [1.82, 2.24) is 5.32 Å². The number of nitrogens with one attached hydrogen (secondary N) is 1. The number of rotatable bonds is 5. The Bertz CT molecular complexity index is 325. The average Bonchev–Trinajstić information content (AvgIpc) is 2.16. The van der Waals surface area contributed by atoms with Gasteiger partial charge in [0.05, 0.1) is 6.10 Å². The summed E-state index contributed by atoms with van der Waals surface area (Å²) in [5.41, 5.74) is 0.889. The molecule has 0 aliphatic rings. The molecule has 0 amide bonds. The SMILES string of the molecule is CC(O)CC(C)NC(C)c1ccccc1O. The molecule has 3 unspecified atom stereocenters. The van der Waals surface area contributed by atoms with Crippen molar-refractivity contribution in [2.45, 2.75) is 45.4 Å². The van der Waals surface area contributed by atoms with Gasteiger partial charge in [-0.05, 0) is 33.3 Å². The smallest absolute Gasteiger partial charge is 0.120 e. The van der Waals surface area contributed by atoms with Crippen molar-refractivity contribution in [3.8, 4) is 5.75 Å². The van der Waals surface area contributed by atoms with E-state index in [0.29, 0.717) is 12.2 Å². The minimum atomic E-state index is -0.306. The third kappa shape index (κ3) is 3.83. The van der Waals surface area contributed by atoms with Crippen molar-refractivity contribution in [3.63, 3.8) is 0 Å². The number of phenols is 1. The molecule has 3 atom stereocenters. The van der Waals surface area contributed by atoms with Crippen LogP contribution in [0.15, 0.2) is 24.3 Å². The van der Waals surface area contributed by atoms with E-state index in [9.17, 15) is 10.2 Å². The van der Waals surface area contributed by atoms with Crippen LogP contribution < -0.4 is 5.32 Å². The van der Waals surface area contributed by atoms with Gasteiger partial charge in [-0.25, -0.2) is 0 Å². The number of hydrogen-bond donors (Lipinski definition) is 3. The first-order valence-electron chi connectivity index (χ1n) is 5.72. The van der Waals surface area contributed by atoms with E-state index in [0.717, 1.165) is 5.56 Å². The largest absolute Gasteiger partial charge is 0.508 e. The summed E-state index contributed by atoms with van der Waals surface area (Å²) in [6, 6.07) is 7.61. The van der Waals surface area contributed by atoms with Gasteiger partial charge in [-0.15, -0.1) is 0 Å². The Labute approximate surface area is 97.1 Å². The van der Waals surface area contributed by atoms with E-state index in [1.54, 1.807) is 13.0 Å². The van der Waals surface area contributed by atoms with E-state index < -0.39 is 0 Å². The number of para-hydroxylation sites is 1. The van der Waals surface area contributed by atoms with Crippen molar-refractivity contribution >= 4 is 0 Å². The highest BCUT2D eigenvalue weighted by Crippen LogP contribution is 2.23. The highest BCUT2D eigenvalue weighted by Gasteiger charge is 2.13. The molecule has 1 rings (SSSR count). The van der Waals surface area contributed by atoms with Crippen LogP contribution in [-0.2, 0) is 0 Å². The first kappa shape index (κ1) is 13.0. The summed E-state index contributed by atoms with van der Waals surface area (Å²) >= 11 is 0. The Morgan fingerprint density at radius 2 is 1.81 bits per heavy atom. The third-order valence-electron chi connectivity index (χ3n) is 2.63. The van der Waals surface area contributed by atoms with E-state index in [2.05, 4.69) is 5.32 Å². The van der Waals surface area contributed by atoms with Crippen molar-refractivity contribution in [2.75, 3.05) is 0 Å². The molecule has 0 bridgehead atoms. The highest BCUT2D eigenvalue weighted by molar-refractivity contribution is 5.34. The lowest BCUT2D eigenvalue weighted by atomic mass is 10.0. The second-order valence-corrected chi connectivity index (χ2v) is 4.43. The number of phenolic OH excluding ortho intramolecular Hbond substituents is 1. The fourth-order valence-electron chi connectivity index (χ4n) is 1.95. The van der Waals surface area contributed by atoms with Gasteiger partial charge in [-0.3, -0.25) is 0 Å². The molecule has 0 saturated heterocycles. The molecule has 0 radical (unpaired) electrons. The second kappa shape index (κ2) is 5.87. The number of hydrogen-bond acceptors (Lipinski definition) is 3. The Morgan fingerprint density at radius 1 is 1.19 bits per heavy atom. The number of aromatic hydroxyl groups is 1. The minimum Gasteiger partial charge on any atom is -0.508 e. The summed E-state index contributed by atoms with van der Waals surface area (Å²) in [6.45, 7) is 5.82. The van der Waals surface area contributed by atoms with Gasteiger partial charge in [0.15, 0.2) is 0 Å². The lowest BCUT2D eigenvalue weighted by molar-refractivity contribution is 0.168. The summed E-state index contributed by atoms with van der Waals surface area (Å²) in [5, 5.41) is 22.3. The van der Waals surface area contributed by atoms with Crippen molar-refractivity contribution in [1.29, 1.82) is 0 Å². The van der Waals surface area contributed by atoms with E-state index >= 15 is 0 Å². The molecule has 0 aliphatic heterocycles. The van der Waals surface area contributed by atoms with Crippen molar-refractivity contribution in [3.05, 3.63) is 29.8 Å². The van der Waals surface area contributed by atoms with E-state index in [1.165, 1.54) is 0 Å². The maximum Gasteiger partial charge on any atom is 0.120 e. The van der Waals surface area contributed by atoms with Crippen LogP contribution in [0.4, 0.5) is 0 Å². The molecule has 0 fully saturated rings. The highest BCUT2D eigenvalue weighted by atomic mass is 16.3. The topological polar surface area (TPSA) is 52.5 Å². The molecule has 3 N–H and O–H groups in total. The summed E-state index contributed by atoms with van der Waals surface area (Å²) < 4.78 is 0. The maximum absolute atomic E-state index is 9.69. The van der Waals surface area contributed by atoms with Gasteiger partial charge < -0.3 is 15.5 Å². The molecule has 16 heavy (non-hydrogen) atoms. The Kier molecular flexibility index (Phi) is 4.77. The van der Waals surface area contributed by atoms with Crippen LogP contribution in [0, 0.1) is 0 Å². The van der Waals surface area contributed by atoms with Crippen LogP contribution in [0.1, 0.15) is 38.8 Å². The summed E-state index contributed by atoms with van der Waals surface area (Å²) in [4.78, 5) is 0. The van der Waals surface area contributed by atoms with Gasteiger partial charge in [0.1, 0.15) is 5.75 Å². The van der Waals surface area contributed by atoms with Crippen LogP contribution in [0.5, 0.6) is 5.75 Å². The molecule has 3 nitrogen and oxygen atoms in total. The maximum atomic E-state index is 9.69. The Hall–Kier alpha value is -1.06. The molecule has 0 heterocycles. The van der Waals surface area contributed by atoms with Crippen LogP contribution in [0.3, 0.4) is 0 Å². The predicted molar refractivity (Wildman–Crippen MR) is 65.4 cm³/mol. The molecule has 0 aliphatic carbocycles. The average molecular weight is 223 g/mol. The van der Waals surface area contributed by atoms with Crippen molar-refractivity contribution < 1.29 is 10.2 Å². The first-order chi connectivity index (χ1) is 7.50. The molecule has 0 spiro atoms. The lowest BCUT2D eigenvalue weighted by Crippen LogP contribution is -2.31. The van der Waals surface area contributed by atoms with Gasteiger partial charge >= 0.3 is 0 Å². The minimum absolute atomic E-state index is 0.0787. The zero-order valence-electron chi connectivity index (χ0n) is 10.1. The van der Waals surface area contributed by atoms with E-state index in [4.69, 9.17) is 0 Å². The van der Waals surface area contributed by atoms with Gasteiger partial charge in [-0.2, -0.15) is 0 Å². The molecule has 0 aromatic heterocycles. The zero-order valence-corrected chi connectivity index (χ0v) is 10.1. The van der Waals surface area contributed by atoms with Crippen LogP contribution in [-0.4, -0.2) is 22.4 Å². The Morgan fingerprint density at radius 3 is 2.38 bits per heavy atom. The molecule has 0 saturated carbocycles. The monoisotopic (exact) mass is 223 g/mol. The summed E-state index contributed by atoms with van der Waals surface area (Å²) in [5.74, 6) is 0.312. The van der Waals surface area contributed by atoms with Gasteiger partial charge in [-0.1, -0.05) is 18.2 Å². The van der Waals surface area contributed by atoms with Crippen LogP contribution in [0.25, 0.3) is 0 Å². The molecular formula is C13H21NO2. The quantitative estimate of drug-likeness (QED) is 0.717. The number of aliphatic hydroxyl groups excluding tert-OH is 1.